The SMILES string of the molecule is CN1C2CCC1CC(OC(c1ccc(F)cc1)c1ccc(Br)cc1)C2. The van der Waals surface area contributed by atoms with E-state index in [1.165, 1.54) is 25.0 Å². The van der Waals surface area contributed by atoms with Crippen LogP contribution in [0, 0.1) is 5.82 Å². The van der Waals surface area contributed by atoms with Crippen molar-refractivity contribution in [1.82, 2.24) is 4.90 Å². The highest BCUT2D eigenvalue weighted by Crippen LogP contribution is 2.38. The lowest BCUT2D eigenvalue weighted by molar-refractivity contribution is -0.0426. The van der Waals surface area contributed by atoms with E-state index in [1.807, 2.05) is 24.3 Å². The van der Waals surface area contributed by atoms with Crippen molar-refractivity contribution in [3.8, 4) is 0 Å². The van der Waals surface area contributed by atoms with Crippen LogP contribution < -0.4 is 0 Å². The molecule has 2 nitrogen and oxygen atoms in total. The summed E-state index contributed by atoms with van der Waals surface area (Å²) in [6.45, 7) is 0. The number of fused-ring (bicyclic) bond motifs is 2. The van der Waals surface area contributed by atoms with Gasteiger partial charge in [0.05, 0.1) is 6.10 Å². The zero-order valence-corrected chi connectivity index (χ0v) is 16.0. The Labute approximate surface area is 157 Å². The van der Waals surface area contributed by atoms with E-state index in [0.29, 0.717) is 12.1 Å². The second-order valence-electron chi connectivity index (χ2n) is 7.26. The predicted molar refractivity (Wildman–Crippen MR) is 101 cm³/mol. The van der Waals surface area contributed by atoms with Gasteiger partial charge < -0.3 is 9.64 Å². The fraction of sp³-hybridized carbons (Fsp3) is 0.429. The van der Waals surface area contributed by atoms with Crippen molar-refractivity contribution in [2.75, 3.05) is 7.05 Å². The quantitative estimate of drug-likeness (QED) is 0.684. The minimum absolute atomic E-state index is 0.151. The van der Waals surface area contributed by atoms with Gasteiger partial charge in [0.25, 0.3) is 0 Å². The van der Waals surface area contributed by atoms with E-state index in [2.05, 4.69) is 40.0 Å². The summed E-state index contributed by atoms with van der Waals surface area (Å²) in [6, 6.07) is 16.2. The second-order valence-corrected chi connectivity index (χ2v) is 8.18. The normalized spacial score (nSPS) is 27.4. The molecule has 4 heteroatoms. The summed E-state index contributed by atoms with van der Waals surface area (Å²) < 4.78 is 21.0. The first-order chi connectivity index (χ1) is 12.1. The first kappa shape index (κ1) is 17.2. The van der Waals surface area contributed by atoms with E-state index in [-0.39, 0.29) is 18.0 Å². The van der Waals surface area contributed by atoms with Crippen molar-refractivity contribution in [3.63, 3.8) is 0 Å². The lowest BCUT2D eigenvalue weighted by atomic mass is 9.97. The number of benzene rings is 2. The van der Waals surface area contributed by atoms with Crippen LogP contribution in [0.5, 0.6) is 0 Å². The van der Waals surface area contributed by atoms with E-state index in [1.54, 1.807) is 0 Å². The minimum atomic E-state index is -0.212. The van der Waals surface area contributed by atoms with E-state index in [0.717, 1.165) is 28.4 Å². The Morgan fingerprint density at radius 2 is 1.48 bits per heavy atom. The molecule has 0 amide bonds. The fourth-order valence-corrected chi connectivity index (χ4v) is 4.55. The average molecular weight is 404 g/mol. The number of hydrogen-bond donors (Lipinski definition) is 0. The smallest absolute Gasteiger partial charge is 0.123 e. The molecular formula is C21H23BrFNO. The summed E-state index contributed by atoms with van der Waals surface area (Å²) in [4.78, 5) is 2.52. The van der Waals surface area contributed by atoms with Crippen LogP contribution in [0.2, 0.25) is 0 Å². The van der Waals surface area contributed by atoms with Crippen LogP contribution in [-0.2, 0) is 4.74 Å². The zero-order valence-electron chi connectivity index (χ0n) is 14.4. The summed E-state index contributed by atoms with van der Waals surface area (Å²) in [5, 5.41) is 0. The molecule has 2 bridgehead atoms. The number of halogens is 2. The molecule has 0 radical (unpaired) electrons. The predicted octanol–water partition coefficient (Wildman–Crippen LogP) is 5.32. The molecule has 2 aliphatic heterocycles. The van der Waals surface area contributed by atoms with Gasteiger partial charge in [0.1, 0.15) is 11.9 Å². The Morgan fingerprint density at radius 3 is 2.04 bits per heavy atom. The molecule has 0 aromatic heterocycles. The zero-order chi connectivity index (χ0) is 17.4. The third kappa shape index (κ3) is 3.67. The summed E-state index contributed by atoms with van der Waals surface area (Å²) in [5.74, 6) is -0.212. The standard InChI is InChI=1S/C21H23BrFNO/c1-24-18-10-11-19(24)13-20(12-18)25-21(14-2-6-16(22)7-3-14)15-4-8-17(23)9-5-15/h2-9,18-21H,10-13H2,1H3. The molecule has 0 saturated carbocycles. The van der Waals surface area contributed by atoms with Gasteiger partial charge in [0.2, 0.25) is 0 Å². The maximum absolute atomic E-state index is 13.4. The third-order valence-corrected chi connectivity index (χ3v) is 6.26. The molecule has 0 N–H and O–H groups in total. The molecule has 25 heavy (non-hydrogen) atoms. The van der Waals surface area contributed by atoms with Crippen LogP contribution in [0.15, 0.2) is 53.0 Å². The third-order valence-electron chi connectivity index (χ3n) is 5.73. The topological polar surface area (TPSA) is 12.5 Å². The summed E-state index contributed by atoms with van der Waals surface area (Å²) in [7, 11) is 2.24. The Balaban J connectivity index is 1.59. The molecule has 0 aliphatic carbocycles. The monoisotopic (exact) mass is 403 g/mol. The first-order valence-corrected chi connectivity index (χ1v) is 9.78. The molecule has 2 aromatic rings. The summed E-state index contributed by atoms with van der Waals surface area (Å²) in [6.07, 6.45) is 4.83. The molecule has 2 heterocycles. The fourth-order valence-electron chi connectivity index (χ4n) is 4.29. The number of piperidine rings is 1. The largest absolute Gasteiger partial charge is 0.365 e. The van der Waals surface area contributed by atoms with Crippen LogP contribution in [0.4, 0.5) is 4.39 Å². The summed E-state index contributed by atoms with van der Waals surface area (Å²) >= 11 is 3.49. The van der Waals surface area contributed by atoms with Gasteiger partial charge in [-0.25, -0.2) is 4.39 Å². The molecule has 2 aliphatic rings. The number of hydrogen-bond acceptors (Lipinski definition) is 2. The van der Waals surface area contributed by atoms with Gasteiger partial charge in [-0.1, -0.05) is 40.2 Å². The van der Waals surface area contributed by atoms with Crippen molar-refractivity contribution in [2.24, 2.45) is 0 Å². The maximum atomic E-state index is 13.4. The van der Waals surface area contributed by atoms with E-state index < -0.39 is 0 Å². The lowest BCUT2D eigenvalue weighted by Gasteiger charge is -2.38. The molecule has 3 atom stereocenters. The van der Waals surface area contributed by atoms with Gasteiger partial charge in [-0.2, -0.15) is 0 Å². The van der Waals surface area contributed by atoms with Crippen LogP contribution in [0.1, 0.15) is 42.9 Å². The Hall–Kier alpha value is -1.23. The highest BCUT2D eigenvalue weighted by molar-refractivity contribution is 9.10. The molecule has 2 saturated heterocycles. The van der Waals surface area contributed by atoms with Crippen LogP contribution in [0.3, 0.4) is 0 Å². The van der Waals surface area contributed by atoms with Crippen molar-refractivity contribution < 1.29 is 9.13 Å². The van der Waals surface area contributed by atoms with E-state index >= 15 is 0 Å². The maximum Gasteiger partial charge on any atom is 0.123 e. The van der Waals surface area contributed by atoms with Crippen LogP contribution in [0.25, 0.3) is 0 Å². The molecule has 4 rings (SSSR count). The minimum Gasteiger partial charge on any atom is -0.365 e. The first-order valence-electron chi connectivity index (χ1n) is 8.98. The average Bonchev–Trinajstić information content (AvgIpc) is 2.83. The molecule has 3 unspecified atom stereocenters. The molecule has 2 aromatic carbocycles. The molecular weight excluding hydrogens is 381 g/mol. The van der Waals surface area contributed by atoms with Crippen molar-refractivity contribution in [2.45, 2.75) is 50.0 Å². The van der Waals surface area contributed by atoms with E-state index in [4.69, 9.17) is 4.74 Å². The van der Waals surface area contributed by atoms with Crippen molar-refractivity contribution in [1.29, 1.82) is 0 Å². The lowest BCUT2D eigenvalue weighted by Crippen LogP contribution is -2.43. The highest BCUT2D eigenvalue weighted by atomic mass is 79.9. The van der Waals surface area contributed by atoms with Gasteiger partial charge in [-0.15, -0.1) is 0 Å². The van der Waals surface area contributed by atoms with Gasteiger partial charge in [-0.05, 0) is 68.1 Å². The van der Waals surface area contributed by atoms with Gasteiger partial charge in [0, 0.05) is 16.6 Å². The van der Waals surface area contributed by atoms with Gasteiger partial charge >= 0.3 is 0 Å². The highest BCUT2D eigenvalue weighted by Gasteiger charge is 2.39. The van der Waals surface area contributed by atoms with Crippen LogP contribution in [-0.4, -0.2) is 30.1 Å². The van der Waals surface area contributed by atoms with E-state index in [9.17, 15) is 4.39 Å². The Bertz CT molecular complexity index is 658. The number of rotatable bonds is 4. The second kappa shape index (κ2) is 7.18. The molecule has 0 spiro atoms. The summed E-state index contributed by atoms with van der Waals surface area (Å²) in [5.41, 5.74) is 2.12. The number of ether oxygens (including phenoxy) is 1. The van der Waals surface area contributed by atoms with Crippen molar-refractivity contribution >= 4 is 15.9 Å². The van der Waals surface area contributed by atoms with Crippen molar-refractivity contribution in [3.05, 3.63) is 69.9 Å². The Morgan fingerprint density at radius 1 is 0.960 bits per heavy atom. The number of nitrogens with zero attached hydrogens (tertiary/aromatic N) is 1. The van der Waals surface area contributed by atoms with Gasteiger partial charge in [-0.3, -0.25) is 0 Å². The molecule has 132 valence electrons. The molecule has 2 fully saturated rings. The Kier molecular flexibility index (Phi) is 4.94. The van der Waals surface area contributed by atoms with Gasteiger partial charge in [0.15, 0.2) is 0 Å². The van der Waals surface area contributed by atoms with Crippen LogP contribution >= 0.6 is 15.9 Å².